The van der Waals surface area contributed by atoms with Gasteiger partial charge in [0.25, 0.3) is 0 Å². The van der Waals surface area contributed by atoms with Crippen molar-refractivity contribution < 1.29 is 9.53 Å². The number of nitrogens with one attached hydrogen (secondary N) is 1. The van der Waals surface area contributed by atoms with Gasteiger partial charge in [-0.15, -0.1) is 0 Å². The quantitative estimate of drug-likeness (QED) is 0.830. The van der Waals surface area contributed by atoms with E-state index < -0.39 is 0 Å². The summed E-state index contributed by atoms with van der Waals surface area (Å²) in [5.41, 5.74) is 1.12. The van der Waals surface area contributed by atoms with Gasteiger partial charge in [-0.3, -0.25) is 10.1 Å². The molecule has 0 aliphatic carbocycles. The van der Waals surface area contributed by atoms with E-state index in [-0.39, 0.29) is 18.0 Å². The molecular formula is C14H22N2O2. The molecule has 0 spiro atoms. The van der Waals surface area contributed by atoms with Crippen molar-refractivity contribution in [2.75, 3.05) is 27.8 Å². The van der Waals surface area contributed by atoms with Crippen molar-refractivity contribution in [1.29, 1.82) is 0 Å². The second-order valence-corrected chi connectivity index (χ2v) is 4.54. The summed E-state index contributed by atoms with van der Waals surface area (Å²) in [6.07, 6.45) is 0. The van der Waals surface area contributed by atoms with Crippen molar-refractivity contribution in [1.82, 2.24) is 10.2 Å². The number of carbonyl (C=O) groups is 1. The lowest BCUT2D eigenvalue weighted by molar-refractivity contribution is -0.130. The Kier molecular flexibility index (Phi) is 5.82. The summed E-state index contributed by atoms with van der Waals surface area (Å²) >= 11 is 0. The van der Waals surface area contributed by atoms with E-state index in [1.165, 1.54) is 0 Å². The van der Waals surface area contributed by atoms with Crippen LogP contribution < -0.4 is 5.32 Å². The monoisotopic (exact) mass is 250 g/mol. The Morgan fingerprint density at radius 3 is 2.44 bits per heavy atom. The van der Waals surface area contributed by atoms with Gasteiger partial charge < -0.3 is 9.64 Å². The summed E-state index contributed by atoms with van der Waals surface area (Å²) in [6.45, 7) is 2.41. The van der Waals surface area contributed by atoms with E-state index in [1.807, 2.05) is 37.3 Å². The van der Waals surface area contributed by atoms with Crippen LogP contribution in [0.1, 0.15) is 18.5 Å². The van der Waals surface area contributed by atoms with Crippen LogP contribution in [-0.2, 0) is 9.53 Å². The highest BCUT2D eigenvalue weighted by atomic mass is 16.5. The van der Waals surface area contributed by atoms with E-state index in [0.29, 0.717) is 6.61 Å². The number of ether oxygens (including phenoxy) is 1. The zero-order valence-corrected chi connectivity index (χ0v) is 11.5. The molecule has 0 saturated carbocycles. The van der Waals surface area contributed by atoms with Gasteiger partial charge in [-0.25, -0.2) is 0 Å². The van der Waals surface area contributed by atoms with Gasteiger partial charge in [0.2, 0.25) is 5.91 Å². The summed E-state index contributed by atoms with van der Waals surface area (Å²) < 4.78 is 5.21. The minimum Gasteiger partial charge on any atom is -0.383 e. The fraction of sp³-hybridized carbons (Fsp3) is 0.500. The standard InChI is InChI=1S/C14H22N2O2/c1-11(14(17)16(2)3)15-13(10-18-4)12-8-6-5-7-9-12/h5-9,11,13,15H,10H2,1-4H3. The minimum atomic E-state index is -0.236. The molecule has 0 aromatic heterocycles. The van der Waals surface area contributed by atoms with Gasteiger partial charge in [0.05, 0.1) is 18.7 Å². The molecule has 4 nitrogen and oxygen atoms in total. The number of hydrogen-bond donors (Lipinski definition) is 1. The van der Waals surface area contributed by atoms with Crippen molar-refractivity contribution >= 4 is 5.91 Å². The molecule has 0 saturated heterocycles. The van der Waals surface area contributed by atoms with E-state index in [1.54, 1.807) is 26.1 Å². The van der Waals surface area contributed by atoms with E-state index in [2.05, 4.69) is 5.32 Å². The topological polar surface area (TPSA) is 41.6 Å². The highest BCUT2D eigenvalue weighted by Crippen LogP contribution is 2.13. The number of likely N-dealkylation sites (N-methyl/N-ethyl adjacent to an activating group) is 1. The minimum absolute atomic E-state index is 0.0232. The van der Waals surface area contributed by atoms with Crippen LogP contribution in [0, 0.1) is 0 Å². The number of benzene rings is 1. The smallest absolute Gasteiger partial charge is 0.238 e. The number of nitrogens with zero attached hydrogens (tertiary/aromatic N) is 1. The van der Waals surface area contributed by atoms with Crippen LogP contribution >= 0.6 is 0 Å². The van der Waals surface area contributed by atoms with Crippen LogP contribution in [0.3, 0.4) is 0 Å². The molecule has 0 radical (unpaired) electrons. The van der Waals surface area contributed by atoms with E-state index in [9.17, 15) is 4.79 Å². The van der Waals surface area contributed by atoms with E-state index in [0.717, 1.165) is 5.56 Å². The molecule has 1 aromatic rings. The molecule has 18 heavy (non-hydrogen) atoms. The van der Waals surface area contributed by atoms with E-state index in [4.69, 9.17) is 4.74 Å². The molecule has 0 aliphatic heterocycles. The number of carbonyl (C=O) groups excluding carboxylic acids is 1. The SMILES string of the molecule is COCC(NC(C)C(=O)N(C)C)c1ccccc1. The molecular weight excluding hydrogens is 228 g/mol. The highest BCUT2D eigenvalue weighted by molar-refractivity contribution is 5.80. The zero-order valence-electron chi connectivity index (χ0n) is 11.5. The predicted octanol–water partition coefficient (Wildman–Crippen LogP) is 1.44. The van der Waals surface area contributed by atoms with Crippen molar-refractivity contribution in [2.24, 2.45) is 0 Å². The molecule has 0 bridgehead atoms. The lowest BCUT2D eigenvalue weighted by Gasteiger charge is -2.24. The van der Waals surface area contributed by atoms with Gasteiger partial charge in [0.1, 0.15) is 0 Å². The van der Waals surface area contributed by atoms with Gasteiger partial charge >= 0.3 is 0 Å². The van der Waals surface area contributed by atoms with Gasteiger partial charge in [-0.1, -0.05) is 30.3 Å². The first kappa shape index (κ1) is 14.7. The van der Waals surface area contributed by atoms with Crippen molar-refractivity contribution in [3.63, 3.8) is 0 Å². The third kappa shape index (κ3) is 4.13. The molecule has 2 atom stereocenters. The first-order valence-electron chi connectivity index (χ1n) is 6.07. The Morgan fingerprint density at radius 1 is 1.33 bits per heavy atom. The largest absolute Gasteiger partial charge is 0.383 e. The first-order valence-corrected chi connectivity index (χ1v) is 6.07. The van der Waals surface area contributed by atoms with Crippen LogP contribution in [0.4, 0.5) is 0 Å². The second-order valence-electron chi connectivity index (χ2n) is 4.54. The molecule has 2 unspecified atom stereocenters. The molecule has 1 rings (SSSR count). The second kappa shape index (κ2) is 7.13. The lowest BCUT2D eigenvalue weighted by atomic mass is 10.1. The van der Waals surface area contributed by atoms with Crippen LogP contribution in [0.5, 0.6) is 0 Å². The Labute approximate surface area is 109 Å². The molecule has 1 N–H and O–H groups in total. The van der Waals surface area contributed by atoms with Crippen LogP contribution in [0.25, 0.3) is 0 Å². The Bertz CT molecular complexity index is 365. The number of methoxy groups -OCH3 is 1. The third-order valence-electron chi connectivity index (χ3n) is 2.80. The van der Waals surface area contributed by atoms with Gasteiger partial charge in [0, 0.05) is 21.2 Å². The van der Waals surface area contributed by atoms with Crippen LogP contribution in [0.2, 0.25) is 0 Å². The predicted molar refractivity (Wildman–Crippen MR) is 72.4 cm³/mol. The number of amides is 1. The molecule has 100 valence electrons. The average Bonchev–Trinajstić information content (AvgIpc) is 2.38. The summed E-state index contributed by atoms with van der Waals surface area (Å²) in [6, 6.07) is 9.79. The van der Waals surface area contributed by atoms with Crippen molar-refractivity contribution in [3.8, 4) is 0 Å². The molecule has 0 heterocycles. The Balaban J connectivity index is 2.72. The number of rotatable bonds is 6. The zero-order chi connectivity index (χ0) is 13.5. The maximum atomic E-state index is 11.8. The van der Waals surface area contributed by atoms with Crippen molar-refractivity contribution in [2.45, 2.75) is 19.0 Å². The molecule has 1 amide bonds. The maximum Gasteiger partial charge on any atom is 0.238 e. The summed E-state index contributed by atoms with van der Waals surface area (Å²) in [5.74, 6) is 0.0621. The first-order chi connectivity index (χ1) is 8.56. The van der Waals surface area contributed by atoms with Crippen LogP contribution in [0.15, 0.2) is 30.3 Å². The summed E-state index contributed by atoms with van der Waals surface area (Å²) in [4.78, 5) is 13.4. The number of hydrogen-bond acceptors (Lipinski definition) is 3. The maximum absolute atomic E-state index is 11.8. The third-order valence-corrected chi connectivity index (χ3v) is 2.80. The summed E-state index contributed by atoms with van der Waals surface area (Å²) in [7, 11) is 5.18. The van der Waals surface area contributed by atoms with Gasteiger partial charge in [0.15, 0.2) is 0 Å². The fourth-order valence-corrected chi connectivity index (χ4v) is 1.85. The van der Waals surface area contributed by atoms with E-state index >= 15 is 0 Å². The fourth-order valence-electron chi connectivity index (χ4n) is 1.85. The van der Waals surface area contributed by atoms with Crippen molar-refractivity contribution in [3.05, 3.63) is 35.9 Å². The highest BCUT2D eigenvalue weighted by Gasteiger charge is 2.20. The average molecular weight is 250 g/mol. The molecule has 1 aromatic carbocycles. The molecule has 0 fully saturated rings. The molecule has 0 aliphatic rings. The normalized spacial score (nSPS) is 14.0. The van der Waals surface area contributed by atoms with Crippen LogP contribution in [-0.4, -0.2) is 44.7 Å². The van der Waals surface area contributed by atoms with Gasteiger partial charge in [-0.2, -0.15) is 0 Å². The Morgan fingerprint density at radius 2 is 1.94 bits per heavy atom. The lowest BCUT2D eigenvalue weighted by Crippen LogP contribution is -2.44. The Hall–Kier alpha value is -1.39. The molecule has 4 heteroatoms. The summed E-state index contributed by atoms with van der Waals surface area (Å²) in [5, 5.41) is 3.30. The van der Waals surface area contributed by atoms with Gasteiger partial charge in [-0.05, 0) is 12.5 Å².